The zero-order chi connectivity index (χ0) is 13.3. The quantitative estimate of drug-likeness (QED) is 0.835. The summed E-state index contributed by atoms with van der Waals surface area (Å²) in [5.74, 6) is 2.35. The minimum atomic E-state index is 0.284. The molecule has 2 atom stereocenters. The third kappa shape index (κ3) is 2.45. The van der Waals surface area contributed by atoms with Gasteiger partial charge in [0.15, 0.2) is 0 Å². The van der Waals surface area contributed by atoms with Gasteiger partial charge in [-0.2, -0.15) is 0 Å². The summed E-state index contributed by atoms with van der Waals surface area (Å²) in [6.45, 7) is 10.0. The molecule has 0 bridgehead atoms. The Morgan fingerprint density at radius 3 is 2.56 bits per heavy atom. The number of hydrogen-bond donors (Lipinski definition) is 1. The van der Waals surface area contributed by atoms with Gasteiger partial charge in [0.2, 0.25) is 0 Å². The summed E-state index contributed by atoms with van der Waals surface area (Å²) < 4.78 is 5.63. The summed E-state index contributed by atoms with van der Waals surface area (Å²) in [5.41, 5.74) is 6.38. The fourth-order valence-electron chi connectivity index (χ4n) is 3.71. The molecule has 1 aliphatic carbocycles. The molecule has 0 aromatic heterocycles. The van der Waals surface area contributed by atoms with E-state index in [-0.39, 0.29) is 5.54 Å². The molecule has 0 aromatic rings. The molecule has 2 fully saturated rings. The van der Waals surface area contributed by atoms with E-state index in [0.717, 1.165) is 24.9 Å². The highest BCUT2D eigenvalue weighted by Crippen LogP contribution is 2.46. The minimum absolute atomic E-state index is 0.284. The molecule has 2 N–H and O–H groups in total. The normalized spacial score (nSPS) is 42.0. The predicted molar refractivity (Wildman–Crippen MR) is 75.5 cm³/mol. The van der Waals surface area contributed by atoms with Crippen molar-refractivity contribution in [2.24, 2.45) is 23.5 Å². The zero-order valence-corrected chi connectivity index (χ0v) is 12.5. The molecule has 1 heterocycles. The molecule has 0 amide bonds. The first kappa shape index (κ1) is 14.3. The monoisotopic (exact) mass is 254 g/mol. The van der Waals surface area contributed by atoms with Gasteiger partial charge in [-0.05, 0) is 43.6 Å². The van der Waals surface area contributed by atoms with E-state index in [0.29, 0.717) is 12.0 Å². The molecule has 3 heteroatoms. The Morgan fingerprint density at radius 1 is 1.39 bits per heavy atom. The molecule has 0 spiro atoms. The van der Waals surface area contributed by atoms with E-state index in [4.69, 9.17) is 10.5 Å². The number of nitrogens with two attached hydrogens (primary N) is 1. The van der Waals surface area contributed by atoms with Gasteiger partial charge in [0.1, 0.15) is 0 Å². The maximum absolute atomic E-state index is 6.10. The van der Waals surface area contributed by atoms with Crippen LogP contribution in [0.2, 0.25) is 0 Å². The third-order valence-electron chi connectivity index (χ3n) is 5.47. The maximum Gasteiger partial charge on any atom is 0.0724 e. The second-order valence-corrected chi connectivity index (χ2v) is 6.83. The van der Waals surface area contributed by atoms with E-state index in [1.807, 2.05) is 7.11 Å². The van der Waals surface area contributed by atoms with E-state index in [1.54, 1.807) is 0 Å². The maximum atomic E-state index is 6.10. The van der Waals surface area contributed by atoms with Gasteiger partial charge in [-0.3, -0.25) is 4.90 Å². The number of nitrogens with zero attached hydrogens (tertiary/aromatic N) is 1. The van der Waals surface area contributed by atoms with Gasteiger partial charge >= 0.3 is 0 Å². The zero-order valence-electron chi connectivity index (χ0n) is 12.5. The fraction of sp³-hybridized carbons (Fsp3) is 1.00. The average molecular weight is 254 g/mol. The van der Waals surface area contributed by atoms with Gasteiger partial charge in [0.05, 0.1) is 6.10 Å². The third-order valence-corrected chi connectivity index (χ3v) is 5.47. The molecule has 18 heavy (non-hydrogen) atoms. The molecular formula is C15H30N2O. The number of likely N-dealkylation sites (tertiary alicyclic amines) is 1. The molecule has 2 aliphatic rings. The lowest BCUT2D eigenvalue weighted by Crippen LogP contribution is -2.65. The number of ether oxygens (including phenoxy) is 1. The summed E-state index contributed by atoms with van der Waals surface area (Å²) in [6, 6.07) is 0. The highest BCUT2D eigenvalue weighted by atomic mass is 16.5. The predicted octanol–water partition coefficient (Wildman–Crippen LogP) is 2.11. The van der Waals surface area contributed by atoms with Crippen LogP contribution in [-0.4, -0.2) is 43.3 Å². The second-order valence-electron chi connectivity index (χ2n) is 6.83. The first-order valence-electron chi connectivity index (χ1n) is 7.50. The van der Waals surface area contributed by atoms with Crippen LogP contribution in [-0.2, 0) is 4.74 Å². The van der Waals surface area contributed by atoms with Crippen LogP contribution in [0.1, 0.15) is 40.0 Å². The van der Waals surface area contributed by atoms with Crippen molar-refractivity contribution in [1.82, 2.24) is 4.90 Å². The highest BCUT2D eigenvalue weighted by Gasteiger charge is 2.49. The van der Waals surface area contributed by atoms with Crippen LogP contribution in [0.5, 0.6) is 0 Å². The van der Waals surface area contributed by atoms with Gasteiger partial charge in [-0.1, -0.05) is 20.8 Å². The van der Waals surface area contributed by atoms with Crippen LogP contribution >= 0.6 is 0 Å². The Morgan fingerprint density at radius 2 is 2.06 bits per heavy atom. The van der Waals surface area contributed by atoms with Crippen molar-refractivity contribution in [3.63, 3.8) is 0 Å². The molecule has 0 radical (unpaired) electrons. The minimum Gasteiger partial charge on any atom is -0.380 e. The Bertz CT molecular complexity index is 274. The van der Waals surface area contributed by atoms with Crippen molar-refractivity contribution < 1.29 is 4.74 Å². The van der Waals surface area contributed by atoms with Crippen LogP contribution in [0.25, 0.3) is 0 Å². The lowest BCUT2D eigenvalue weighted by molar-refractivity contribution is -0.0935. The highest BCUT2D eigenvalue weighted by molar-refractivity contribution is 5.05. The van der Waals surface area contributed by atoms with Crippen LogP contribution in [0.4, 0.5) is 0 Å². The van der Waals surface area contributed by atoms with E-state index >= 15 is 0 Å². The van der Waals surface area contributed by atoms with Gasteiger partial charge in [-0.25, -0.2) is 0 Å². The number of rotatable bonds is 4. The van der Waals surface area contributed by atoms with E-state index in [9.17, 15) is 0 Å². The lowest BCUT2D eigenvalue weighted by atomic mass is 9.62. The molecule has 3 nitrogen and oxygen atoms in total. The number of hydrogen-bond acceptors (Lipinski definition) is 3. The Balaban J connectivity index is 1.98. The average Bonchev–Trinajstić information content (AvgIpc) is 2.29. The van der Waals surface area contributed by atoms with Crippen LogP contribution < -0.4 is 5.73 Å². The molecule has 1 saturated carbocycles. The standard InChI is InChI=1S/C15H30N2O/c1-11(2)13-7-15(8-13,10-16)17-6-5-12(3)14(9-17)18-4/h11-14H,5-10,16H2,1-4H3. The smallest absolute Gasteiger partial charge is 0.0724 e. The topological polar surface area (TPSA) is 38.5 Å². The molecular weight excluding hydrogens is 224 g/mol. The molecule has 1 aliphatic heterocycles. The van der Waals surface area contributed by atoms with Crippen molar-refractivity contribution in [1.29, 1.82) is 0 Å². The first-order valence-corrected chi connectivity index (χ1v) is 7.50. The summed E-state index contributed by atoms with van der Waals surface area (Å²) in [4.78, 5) is 2.63. The Hall–Kier alpha value is -0.120. The fourth-order valence-corrected chi connectivity index (χ4v) is 3.71. The van der Waals surface area contributed by atoms with Crippen molar-refractivity contribution in [2.75, 3.05) is 26.7 Å². The van der Waals surface area contributed by atoms with Crippen LogP contribution in [0.15, 0.2) is 0 Å². The lowest BCUT2D eigenvalue weighted by Gasteiger charge is -2.57. The molecule has 106 valence electrons. The van der Waals surface area contributed by atoms with Gasteiger partial charge in [0, 0.05) is 25.7 Å². The number of methoxy groups -OCH3 is 1. The van der Waals surface area contributed by atoms with Crippen LogP contribution in [0.3, 0.4) is 0 Å². The van der Waals surface area contributed by atoms with Crippen molar-refractivity contribution in [3.05, 3.63) is 0 Å². The van der Waals surface area contributed by atoms with E-state index in [2.05, 4.69) is 25.7 Å². The van der Waals surface area contributed by atoms with Crippen molar-refractivity contribution >= 4 is 0 Å². The summed E-state index contributed by atoms with van der Waals surface area (Å²) in [6.07, 6.45) is 4.20. The Kier molecular flexibility index (Phi) is 4.35. The van der Waals surface area contributed by atoms with Crippen molar-refractivity contribution in [3.8, 4) is 0 Å². The molecule has 1 saturated heterocycles. The van der Waals surface area contributed by atoms with Crippen LogP contribution in [0, 0.1) is 17.8 Å². The molecule has 2 unspecified atom stereocenters. The summed E-state index contributed by atoms with van der Waals surface area (Å²) >= 11 is 0. The Labute approximate surface area is 112 Å². The molecule has 0 aromatic carbocycles. The van der Waals surface area contributed by atoms with Gasteiger partial charge in [0.25, 0.3) is 0 Å². The van der Waals surface area contributed by atoms with Gasteiger partial charge < -0.3 is 10.5 Å². The van der Waals surface area contributed by atoms with E-state index in [1.165, 1.54) is 25.8 Å². The summed E-state index contributed by atoms with van der Waals surface area (Å²) in [7, 11) is 1.84. The largest absolute Gasteiger partial charge is 0.380 e. The summed E-state index contributed by atoms with van der Waals surface area (Å²) in [5, 5.41) is 0. The first-order chi connectivity index (χ1) is 8.52. The van der Waals surface area contributed by atoms with Gasteiger partial charge in [-0.15, -0.1) is 0 Å². The van der Waals surface area contributed by atoms with E-state index < -0.39 is 0 Å². The second kappa shape index (κ2) is 5.48. The number of piperidine rings is 1. The SMILES string of the molecule is COC1CN(C2(CN)CC(C(C)C)C2)CCC1C. The van der Waals surface area contributed by atoms with Crippen molar-refractivity contribution in [2.45, 2.75) is 51.7 Å². The molecule has 2 rings (SSSR count).